The number of carbonyl (C=O) groups is 1. The van der Waals surface area contributed by atoms with Crippen molar-refractivity contribution < 1.29 is 4.79 Å². The zero-order valence-corrected chi connectivity index (χ0v) is 16.0. The minimum absolute atomic E-state index is 0.127. The van der Waals surface area contributed by atoms with Crippen LogP contribution in [0.5, 0.6) is 0 Å². The Bertz CT molecular complexity index is 1200. The van der Waals surface area contributed by atoms with Crippen LogP contribution in [0.4, 0.5) is 5.69 Å². The minimum atomic E-state index is -0.270. The van der Waals surface area contributed by atoms with E-state index in [2.05, 4.69) is 10.1 Å². The molecule has 0 saturated carbocycles. The summed E-state index contributed by atoms with van der Waals surface area (Å²) in [5.74, 6) is -0.212. The predicted molar refractivity (Wildman–Crippen MR) is 113 cm³/mol. The highest BCUT2D eigenvalue weighted by Gasteiger charge is 2.16. The van der Waals surface area contributed by atoms with Gasteiger partial charge in [-0.25, -0.2) is 4.68 Å². The number of rotatable bonds is 5. The van der Waals surface area contributed by atoms with Crippen LogP contribution in [0.3, 0.4) is 0 Å². The highest BCUT2D eigenvalue weighted by Crippen LogP contribution is 2.17. The first-order chi connectivity index (χ1) is 14.1. The Morgan fingerprint density at radius 2 is 1.59 bits per heavy atom. The van der Waals surface area contributed by atoms with Gasteiger partial charge in [-0.1, -0.05) is 36.4 Å². The molecule has 4 aromatic rings. The molecule has 2 heterocycles. The largest absolute Gasteiger partial charge is 0.314 e. The van der Waals surface area contributed by atoms with E-state index in [9.17, 15) is 9.59 Å². The van der Waals surface area contributed by atoms with E-state index in [4.69, 9.17) is 0 Å². The molecular formula is C23H20N4O2. The Morgan fingerprint density at radius 1 is 0.931 bits per heavy atom. The lowest BCUT2D eigenvalue weighted by Crippen LogP contribution is -2.35. The minimum Gasteiger partial charge on any atom is -0.314 e. The molecule has 0 N–H and O–H groups in total. The van der Waals surface area contributed by atoms with E-state index in [-0.39, 0.29) is 18.0 Å². The molecule has 0 radical (unpaired) electrons. The summed E-state index contributed by atoms with van der Waals surface area (Å²) < 4.78 is 1.26. The zero-order chi connectivity index (χ0) is 20.2. The topological polar surface area (TPSA) is 68.1 Å². The van der Waals surface area contributed by atoms with Crippen molar-refractivity contribution in [2.45, 2.75) is 13.0 Å². The number of anilines is 1. The fourth-order valence-corrected chi connectivity index (χ4v) is 3.27. The molecular weight excluding hydrogens is 364 g/mol. The second kappa shape index (κ2) is 8.06. The van der Waals surface area contributed by atoms with Gasteiger partial charge in [-0.15, -0.1) is 0 Å². The number of benzene rings is 2. The van der Waals surface area contributed by atoms with Crippen molar-refractivity contribution >= 4 is 22.4 Å². The molecule has 144 valence electrons. The van der Waals surface area contributed by atoms with Gasteiger partial charge >= 0.3 is 0 Å². The van der Waals surface area contributed by atoms with Crippen LogP contribution in [0.15, 0.2) is 83.9 Å². The van der Waals surface area contributed by atoms with Crippen LogP contribution in [0.1, 0.15) is 11.3 Å². The summed E-state index contributed by atoms with van der Waals surface area (Å²) in [5, 5.41) is 5.91. The Balaban J connectivity index is 1.72. The summed E-state index contributed by atoms with van der Waals surface area (Å²) in [7, 11) is 1.70. The lowest BCUT2D eigenvalue weighted by molar-refractivity contribution is -0.119. The van der Waals surface area contributed by atoms with Gasteiger partial charge in [-0.05, 0) is 35.9 Å². The van der Waals surface area contributed by atoms with E-state index in [0.717, 1.165) is 22.3 Å². The monoisotopic (exact) mass is 384 g/mol. The van der Waals surface area contributed by atoms with E-state index < -0.39 is 0 Å². The van der Waals surface area contributed by atoms with Crippen LogP contribution in [-0.2, 0) is 17.8 Å². The van der Waals surface area contributed by atoms with Crippen molar-refractivity contribution in [1.29, 1.82) is 0 Å². The molecule has 0 unspecified atom stereocenters. The van der Waals surface area contributed by atoms with E-state index >= 15 is 0 Å². The summed E-state index contributed by atoms with van der Waals surface area (Å²) in [6.45, 7) is -0.127. The standard InChI is InChI=1S/C23H20N4O2/c1-26(18-7-3-2-4-8-18)22(28)16-27-23(29)20-10-6-5-9-19(20)21(25-27)15-17-11-13-24-14-12-17/h2-14H,15-16H2,1H3. The lowest BCUT2D eigenvalue weighted by atomic mass is 10.1. The molecule has 1 amide bonds. The number of nitrogens with zero attached hydrogens (tertiary/aromatic N) is 4. The molecule has 6 heteroatoms. The molecule has 0 aliphatic rings. The lowest BCUT2D eigenvalue weighted by Gasteiger charge is -2.18. The van der Waals surface area contributed by atoms with Crippen molar-refractivity contribution in [1.82, 2.24) is 14.8 Å². The SMILES string of the molecule is CN(C(=O)Cn1nc(Cc2ccncc2)c2ccccc2c1=O)c1ccccc1. The van der Waals surface area contributed by atoms with Crippen molar-refractivity contribution in [3.05, 3.63) is 101 Å². The number of hydrogen-bond acceptors (Lipinski definition) is 4. The molecule has 0 bridgehead atoms. The van der Waals surface area contributed by atoms with Gasteiger partial charge in [-0.3, -0.25) is 14.6 Å². The highest BCUT2D eigenvalue weighted by molar-refractivity contribution is 5.92. The first-order valence-corrected chi connectivity index (χ1v) is 9.33. The number of aromatic nitrogens is 3. The maximum absolute atomic E-state index is 12.9. The summed E-state index contributed by atoms with van der Waals surface area (Å²) in [4.78, 5) is 31.3. The summed E-state index contributed by atoms with van der Waals surface area (Å²) in [5.41, 5.74) is 2.29. The van der Waals surface area contributed by atoms with Crippen LogP contribution < -0.4 is 10.5 Å². The maximum atomic E-state index is 12.9. The van der Waals surface area contributed by atoms with Crippen LogP contribution in [0, 0.1) is 0 Å². The molecule has 0 aliphatic heterocycles. The molecule has 4 rings (SSSR count). The Kier molecular flexibility index (Phi) is 5.16. The van der Waals surface area contributed by atoms with Crippen molar-refractivity contribution in [3.63, 3.8) is 0 Å². The van der Waals surface area contributed by atoms with E-state index in [1.165, 1.54) is 9.58 Å². The van der Waals surface area contributed by atoms with E-state index in [0.29, 0.717) is 11.8 Å². The first-order valence-electron chi connectivity index (χ1n) is 9.33. The number of hydrogen-bond donors (Lipinski definition) is 0. The quantitative estimate of drug-likeness (QED) is 0.530. The third kappa shape index (κ3) is 3.91. The van der Waals surface area contributed by atoms with Gasteiger partial charge in [0.15, 0.2) is 0 Å². The predicted octanol–water partition coefficient (Wildman–Crippen LogP) is 3.05. The second-order valence-electron chi connectivity index (χ2n) is 6.78. The fraction of sp³-hybridized carbons (Fsp3) is 0.130. The van der Waals surface area contributed by atoms with Crippen LogP contribution in [0.2, 0.25) is 0 Å². The first kappa shape index (κ1) is 18.6. The molecule has 0 spiro atoms. The smallest absolute Gasteiger partial charge is 0.275 e. The molecule has 2 aromatic heterocycles. The third-order valence-corrected chi connectivity index (χ3v) is 4.87. The van der Waals surface area contributed by atoms with Gasteiger partial charge in [0, 0.05) is 36.9 Å². The van der Waals surface area contributed by atoms with Gasteiger partial charge in [-0.2, -0.15) is 5.10 Å². The molecule has 29 heavy (non-hydrogen) atoms. The average molecular weight is 384 g/mol. The molecule has 0 saturated heterocycles. The fourth-order valence-electron chi connectivity index (χ4n) is 3.27. The normalized spacial score (nSPS) is 10.8. The number of para-hydroxylation sites is 1. The second-order valence-corrected chi connectivity index (χ2v) is 6.78. The van der Waals surface area contributed by atoms with Crippen LogP contribution in [0.25, 0.3) is 10.8 Å². The molecule has 6 nitrogen and oxygen atoms in total. The van der Waals surface area contributed by atoms with Gasteiger partial charge in [0.25, 0.3) is 5.56 Å². The Labute approximate surface area is 168 Å². The van der Waals surface area contributed by atoms with Gasteiger partial charge in [0.1, 0.15) is 6.54 Å². The van der Waals surface area contributed by atoms with Crippen molar-refractivity contribution in [3.8, 4) is 0 Å². The Morgan fingerprint density at radius 3 is 2.31 bits per heavy atom. The van der Waals surface area contributed by atoms with E-state index in [1.807, 2.05) is 60.7 Å². The number of carbonyl (C=O) groups excluding carboxylic acids is 1. The van der Waals surface area contributed by atoms with Gasteiger partial charge < -0.3 is 4.90 Å². The summed E-state index contributed by atoms with van der Waals surface area (Å²) in [6.07, 6.45) is 4.00. The maximum Gasteiger partial charge on any atom is 0.275 e. The number of pyridine rings is 1. The summed E-state index contributed by atoms with van der Waals surface area (Å²) >= 11 is 0. The molecule has 2 aromatic carbocycles. The van der Waals surface area contributed by atoms with Crippen molar-refractivity contribution in [2.75, 3.05) is 11.9 Å². The average Bonchev–Trinajstić information content (AvgIpc) is 2.77. The van der Waals surface area contributed by atoms with Gasteiger partial charge in [0.05, 0.1) is 11.1 Å². The highest BCUT2D eigenvalue weighted by atomic mass is 16.2. The van der Waals surface area contributed by atoms with E-state index in [1.54, 1.807) is 25.5 Å². The van der Waals surface area contributed by atoms with Crippen LogP contribution >= 0.6 is 0 Å². The molecule has 0 fully saturated rings. The van der Waals surface area contributed by atoms with Gasteiger partial charge in [0.2, 0.25) is 5.91 Å². The number of fused-ring (bicyclic) bond motifs is 1. The molecule has 0 atom stereocenters. The Hall–Kier alpha value is -3.80. The van der Waals surface area contributed by atoms with Crippen LogP contribution in [-0.4, -0.2) is 27.7 Å². The summed E-state index contributed by atoms with van der Waals surface area (Å²) in [6, 6.07) is 20.5. The number of amides is 1. The zero-order valence-electron chi connectivity index (χ0n) is 16.0. The van der Waals surface area contributed by atoms with Crippen molar-refractivity contribution in [2.24, 2.45) is 0 Å². The number of likely N-dealkylation sites (N-methyl/N-ethyl adjacent to an activating group) is 1. The molecule has 0 aliphatic carbocycles. The third-order valence-electron chi connectivity index (χ3n) is 4.87.